The fourth-order valence-electron chi connectivity index (χ4n) is 1.63. The normalized spacial score (nSPS) is 10.2. The number of benzene rings is 1. The number of nitrogen functional groups attached to an aromatic ring is 1. The number of nitrogens with zero attached hydrogens (tertiary/aromatic N) is 2. The molecule has 0 fully saturated rings. The Kier molecular flexibility index (Phi) is 4.49. The van der Waals surface area contributed by atoms with Crippen LogP contribution in [0.1, 0.15) is 5.56 Å². The van der Waals surface area contributed by atoms with E-state index in [0.29, 0.717) is 16.5 Å². The quantitative estimate of drug-likeness (QED) is 0.342. The number of hydrogen-bond acceptors (Lipinski definition) is 7. The first kappa shape index (κ1) is 14.9. The highest BCUT2D eigenvalue weighted by Gasteiger charge is 2.13. The summed E-state index contributed by atoms with van der Waals surface area (Å²) in [5.74, 6) is 0.257. The topological polar surface area (TPSA) is 110 Å². The molecule has 0 spiro atoms. The summed E-state index contributed by atoms with van der Waals surface area (Å²) in [6, 6.07) is 5.47. The summed E-state index contributed by atoms with van der Waals surface area (Å²) in [5, 5.41) is 12.2. The lowest BCUT2D eigenvalue weighted by atomic mass is 10.2. The van der Waals surface area contributed by atoms with Gasteiger partial charge >= 0.3 is 6.16 Å². The van der Waals surface area contributed by atoms with Gasteiger partial charge in [0.2, 0.25) is 0 Å². The van der Waals surface area contributed by atoms with Crippen LogP contribution in [0, 0.1) is 6.92 Å². The Labute approximate surface area is 125 Å². The molecule has 8 heteroatoms. The zero-order valence-electron chi connectivity index (χ0n) is 11.5. The maximum atomic E-state index is 10.7. The molecule has 0 saturated carbocycles. The SMILES string of the molecule is CSc1ncc(OC(=O)O)c(Nc2ccc(C)cc2N)n1. The largest absolute Gasteiger partial charge is 0.511 e. The van der Waals surface area contributed by atoms with Crippen LogP contribution in [0.25, 0.3) is 0 Å². The maximum absolute atomic E-state index is 10.7. The lowest BCUT2D eigenvalue weighted by Crippen LogP contribution is -2.08. The third-order valence-corrected chi connectivity index (χ3v) is 3.13. The van der Waals surface area contributed by atoms with Gasteiger partial charge in [0.1, 0.15) is 0 Å². The molecule has 1 aromatic heterocycles. The lowest BCUT2D eigenvalue weighted by molar-refractivity contribution is 0.144. The van der Waals surface area contributed by atoms with E-state index in [1.54, 1.807) is 12.1 Å². The van der Waals surface area contributed by atoms with Crippen molar-refractivity contribution in [3.8, 4) is 5.75 Å². The van der Waals surface area contributed by atoms with Gasteiger partial charge in [0.05, 0.1) is 17.6 Å². The van der Waals surface area contributed by atoms with Crippen molar-refractivity contribution in [2.75, 3.05) is 17.3 Å². The average molecular weight is 306 g/mol. The highest BCUT2D eigenvalue weighted by atomic mass is 32.2. The van der Waals surface area contributed by atoms with Crippen LogP contribution in [0.3, 0.4) is 0 Å². The third kappa shape index (κ3) is 3.76. The molecule has 2 rings (SSSR count). The predicted octanol–water partition coefficient (Wildman–Crippen LogP) is 2.89. The van der Waals surface area contributed by atoms with Crippen LogP contribution in [-0.4, -0.2) is 27.5 Å². The monoisotopic (exact) mass is 306 g/mol. The van der Waals surface area contributed by atoms with Gasteiger partial charge in [0.25, 0.3) is 0 Å². The van der Waals surface area contributed by atoms with Crippen LogP contribution >= 0.6 is 11.8 Å². The number of anilines is 3. The molecule has 0 aliphatic carbocycles. The zero-order valence-corrected chi connectivity index (χ0v) is 12.3. The number of aromatic nitrogens is 2. The highest BCUT2D eigenvalue weighted by Crippen LogP contribution is 2.30. The molecule has 0 aliphatic heterocycles. The van der Waals surface area contributed by atoms with Crippen molar-refractivity contribution in [2.24, 2.45) is 0 Å². The molecular weight excluding hydrogens is 292 g/mol. The van der Waals surface area contributed by atoms with Crippen molar-refractivity contribution in [1.82, 2.24) is 9.97 Å². The van der Waals surface area contributed by atoms with Crippen LogP contribution in [0.4, 0.5) is 22.0 Å². The molecule has 0 amide bonds. The molecule has 4 N–H and O–H groups in total. The van der Waals surface area contributed by atoms with Gasteiger partial charge in [0, 0.05) is 0 Å². The molecule has 0 atom stereocenters. The fraction of sp³-hybridized carbons (Fsp3) is 0.154. The average Bonchev–Trinajstić information content (AvgIpc) is 2.43. The summed E-state index contributed by atoms with van der Waals surface area (Å²) in [5.41, 5.74) is 8.08. The van der Waals surface area contributed by atoms with Gasteiger partial charge in [-0.2, -0.15) is 0 Å². The highest BCUT2D eigenvalue weighted by molar-refractivity contribution is 7.98. The first-order valence-electron chi connectivity index (χ1n) is 5.94. The molecule has 7 nitrogen and oxygen atoms in total. The molecule has 2 aromatic rings. The Morgan fingerprint density at radius 2 is 2.24 bits per heavy atom. The molecule has 0 aliphatic rings. The van der Waals surface area contributed by atoms with Gasteiger partial charge in [-0.15, -0.1) is 0 Å². The van der Waals surface area contributed by atoms with Gasteiger partial charge in [-0.25, -0.2) is 14.8 Å². The Morgan fingerprint density at radius 3 is 2.86 bits per heavy atom. The molecule has 0 unspecified atom stereocenters. The smallest absolute Gasteiger partial charge is 0.449 e. The number of rotatable bonds is 4. The van der Waals surface area contributed by atoms with E-state index in [1.807, 2.05) is 19.2 Å². The van der Waals surface area contributed by atoms with Crippen molar-refractivity contribution in [3.05, 3.63) is 30.0 Å². The summed E-state index contributed by atoms with van der Waals surface area (Å²) in [7, 11) is 0. The van der Waals surface area contributed by atoms with E-state index >= 15 is 0 Å². The first-order valence-corrected chi connectivity index (χ1v) is 7.17. The molecule has 0 radical (unpaired) electrons. The summed E-state index contributed by atoms with van der Waals surface area (Å²) in [6.45, 7) is 1.93. The standard InChI is InChI=1S/C13H14N4O3S/c1-7-3-4-9(8(14)5-7)16-11-10(20-13(18)19)6-15-12(17-11)21-2/h3-6H,14H2,1-2H3,(H,18,19)(H,15,16,17). The van der Waals surface area contributed by atoms with Gasteiger partial charge in [-0.05, 0) is 30.9 Å². The second kappa shape index (κ2) is 6.31. The number of nitrogens with one attached hydrogen (secondary N) is 1. The number of carbonyl (C=O) groups is 1. The summed E-state index contributed by atoms with van der Waals surface area (Å²) in [4.78, 5) is 18.9. The first-order chi connectivity index (χ1) is 9.99. The van der Waals surface area contributed by atoms with Gasteiger partial charge in [-0.1, -0.05) is 17.8 Å². The zero-order chi connectivity index (χ0) is 15.4. The Morgan fingerprint density at radius 1 is 1.48 bits per heavy atom. The van der Waals surface area contributed by atoms with E-state index in [1.165, 1.54) is 18.0 Å². The van der Waals surface area contributed by atoms with Crippen molar-refractivity contribution in [2.45, 2.75) is 12.1 Å². The van der Waals surface area contributed by atoms with Gasteiger partial charge in [0.15, 0.2) is 16.7 Å². The Hall–Kier alpha value is -2.48. The lowest BCUT2D eigenvalue weighted by Gasteiger charge is -2.12. The minimum absolute atomic E-state index is 0.0141. The number of hydrogen-bond donors (Lipinski definition) is 3. The van der Waals surface area contributed by atoms with Gasteiger partial charge < -0.3 is 20.9 Å². The van der Waals surface area contributed by atoms with Crippen LogP contribution in [0.5, 0.6) is 5.75 Å². The minimum Gasteiger partial charge on any atom is -0.449 e. The number of aryl methyl sites for hydroxylation is 1. The molecule has 110 valence electrons. The van der Waals surface area contributed by atoms with E-state index in [-0.39, 0.29) is 11.6 Å². The molecular formula is C13H14N4O3S. The molecule has 1 aromatic carbocycles. The van der Waals surface area contributed by atoms with Crippen LogP contribution < -0.4 is 15.8 Å². The fourth-order valence-corrected chi connectivity index (χ4v) is 1.98. The Bertz CT molecular complexity index is 678. The van der Waals surface area contributed by atoms with Crippen LogP contribution in [0.15, 0.2) is 29.6 Å². The predicted molar refractivity (Wildman–Crippen MR) is 81.3 cm³/mol. The number of ether oxygens (including phenoxy) is 1. The maximum Gasteiger partial charge on any atom is 0.511 e. The number of nitrogens with two attached hydrogens (primary N) is 1. The van der Waals surface area contributed by atoms with Crippen molar-refractivity contribution in [1.29, 1.82) is 0 Å². The second-order valence-electron chi connectivity index (χ2n) is 4.15. The minimum atomic E-state index is -1.43. The third-order valence-electron chi connectivity index (χ3n) is 2.57. The van der Waals surface area contributed by atoms with E-state index in [9.17, 15) is 4.79 Å². The van der Waals surface area contributed by atoms with E-state index < -0.39 is 6.16 Å². The van der Waals surface area contributed by atoms with Crippen molar-refractivity contribution in [3.63, 3.8) is 0 Å². The van der Waals surface area contributed by atoms with Crippen LogP contribution in [0.2, 0.25) is 0 Å². The molecule has 0 bridgehead atoms. The van der Waals surface area contributed by atoms with E-state index in [0.717, 1.165) is 5.56 Å². The molecule has 0 saturated heterocycles. The number of carboxylic acid groups (broad SMARTS) is 1. The van der Waals surface area contributed by atoms with Crippen molar-refractivity contribution < 1.29 is 14.6 Å². The molecule has 1 heterocycles. The van der Waals surface area contributed by atoms with Crippen LogP contribution in [-0.2, 0) is 0 Å². The number of thioether (sulfide) groups is 1. The van der Waals surface area contributed by atoms with E-state index in [4.69, 9.17) is 10.8 Å². The summed E-state index contributed by atoms with van der Waals surface area (Å²) >= 11 is 1.33. The summed E-state index contributed by atoms with van der Waals surface area (Å²) < 4.78 is 4.66. The summed E-state index contributed by atoms with van der Waals surface area (Å²) in [6.07, 6.45) is 1.69. The van der Waals surface area contributed by atoms with E-state index in [2.05, 4.69) is 20.0 Å². The second-order valence-corrected chi connectivity index (χ2v) is 4.93. The molecule has 21 heavy (non-hydrogen) atoms. The van der Waals surface area contributed by atoms with Crippen molar-refractivity contribution >= 4 is 35.1 Å². The Balaban J connectivity index is 2.38. The van der Waals surface area contributed by atoms with Gasteiger partial charge in [-0.3, -0.25) is 0 Å².